The minimum absolute atomic E-state index is 0.0759. The Morgan fingerprint density at radius 2 is 1.88 bits per heavy atom. The standard InChI is InChI=1S/C23H23N3O6S/c1-3-30-22(29)15-5-7-16(8-6-15)24-20(27)11-17-21(28)25(2)23(33)26(17)12-14-4-9-18-19(10-14)32-13-31-18/h4-10,17H,3,11-13H2,1-2H3,(H,24,27)/t17-/m0/s1. The maximum absolute atomic E-state index is 12.8. The lowest BCUT2D eigenvalue weighted by molar-refractivity contribution is -0.130. The summed E-state index contributed by atoms with van der Waals surface area (Å²) in [4.78, 5) is 40.4. The van der Waals surface area contributed by atoms with Gasteiger partial charge in [-0.25, -0.2) is 4.79 Å². The molecule has 0 aromatic heterocycles. The summed E-state index contributed by atoms with van der Waals surface area (Å²) < 4.78 is 15.7. The highest BCUT2D eigenvalue weighted by Crippen LogP contribution is 2.33. The highest BCUT2D eigenvalue weighted by atomic mass is 32.1. The van der Waals surface area contributed by atoms with Crippen molar-refractivity contribution in [1.82, 2.24) is 9.80 Å². The summed E-state index contributed by atoms with van der Waals surface area (Å²) in [6, 6.07) is 11.2. The fraction of sp³-hybridized carbons (Fsp3) is 0.304. The fourth-order valence-corrected chi connectivity index (χ4v) is 3.96. The van der Waals surface area contributed by atoms with Crippen LogP contribution in [0.5, 0.6) is 11.5 Å². The number of esters is 1. The number of carbonyl (C=O) groups is 3. The second kappa shape index (κ2) is 9.45. The number of likely N-dealkylation sites (N-methyl/N-ethyl adjacent to an activating group) is 1. The van der Waals surface area contributed by atoms with Crippen molar-refractivity contribution in [3.63, 3.8) is 0 Å². The number of rotatable bonds is 7. The molecule has 0 aliphatic carbocycles. The zero-order chi connectivity index (χ0) is 23.5. The van der Waals surface area contributed by atoms with Crippen molar-refractivity contribution in [3.8, 4) is 11.5 Å². The molecule has 0 bridgehead atoms. The molecule has 172 valence electrons. The van der Waals surface area contributed by atoms with Crippen molar-refractivity contribution in [3.05, 3.63) is 53.6 Å². The van der Waals surface area contributed by atoms with Crippen molar-refractivity contribution in [1.29, 1.82) is 0 Å². The van der Waals surface area contributed by atoms with E-state index in [1.807, 2.05) is 18.2 Å². The molecule has 4 rings (SSSR count). The average Bonchev–Trinajstić information content (AvgIpc) is 3.34. The summed E-state index contributed by atoms with van der Waals surface area (Å²) in [6.45, 7) is 2.53. The van der Waals surface area contributed by atoms with Gasteiger partial charge in [0.1, 0.15) is 6.04 Å². The maximum atomic E-state index is 12.8. The van der Waals surface area contributed by atoms with Crippen LogP contribution < -0.4 is 14.8 Å². The van der Waals surface area contributed by atoms with Crippen molar-refractivity contribution in [2.24, 2.45) is 0 Å². The minimum atomic E-state index is -0.730. The second-order valence-electron chi connectivity index (χ2n) is 7.56. The van der Waals surface area contributed by atoms with Crippen LogP contribution in [0, 0.1) is 0 Å². The topological polar surface area (TPSA) is 97.4 Å². The van der Waals surface area contributed by atoms with Crippen LogP contribution in [-0.2, 0) is 20.9 Å². The summed E-state index contributed by atoms with van der Waals surface area (Å²) in [5, 5.41) is 3.12. The third kappa shape index (κ3) is 4.75. The molecule has 2 aliphatic rings. The molecule has 0 saturated carbocycles. The number of hydrogen-bond donors (Lipinski definition) is 1. The summed E-state index contributed by atoms with van der Waals surface area (Å²) in [7, 11) is 1.60. The first-order valence-electron chi connectivity index (χ1n) is 10.4. The van der Waals surface area contributed by atoms with Crippen LogP contribution in [0.15, 0.2) is 42.5 Å². The molecule has 1 N–H and O–H groups in total. The number of ether oxygens (including phenoxy) is 3. The Morgan fingerprint density at radius 3 is 2.61 bits per heavy atom. The molecular weight excluding hydrogens is 446 g/mol. The molecule has 2 amide bonds. The Bertz CT molecular complexity index is 1100. The molecule has 2 aromatic carbocycles. The molecule has 33 heavy (non-hydrogen) atoms. The molecule has 9 nitrogen and oxygen atoms in total. The Hall–Kier alpha value is -3.66. The van der Waals surface area contributed by atoms with E-state index >= 15 is 0 Å². The van der Waals surface area contributed by atoms with Gasteiger partial charge in [-0.05, 0) is 61.1 Å². The number of nitrogens with zero attached hydrogens (tertiary/aromatic N) is 2. The largest absolute Gasteiger partial charge is 0.462 e. The van der Waals surface area contributed by atoms with E-state index in [2.05, 4.69) is 5.32 Å². The van der Waals surface area contributed by atoms with Crippen molar-refractivity contribution < 1.29 is 28.6 Å². The summed E-state index contributed by atoms with van der Waals surface area (Å²) in [5.41, 5.74) is 1.78. The van der Waals surface area contributed by atoms with Crippen LogP contribution in [-0.4, -0.2) is 59.2 Å². The summed E-state index contributed by atoms with van der Waals surface area (Å²) >= 11 is 5.46. The number of nitrogens with one attached hydrogen (secondary N) is 1. The predicted octanol–water partition coefficient (Wildman–Crippen LogP) is 2.55. The summed E-state index contributed by atoms with van der Waals surface area (Å²) in [6.07, 6.45) is -0.0759. The Kier molecular flexibility index (Phi) is 6.45. The van der Waals surface area contributed by atoms with Gasteiger partial charge in [0, 0.05) is 19.3 Å². The average molecular weight is 470 g/mol. The first kappa shape index (κ1) is 22.5. The van der Waals surface area contributed by atoms with Gasteiger partial charge in [0.15, 0.2) is 16.6 Å². The molecule has 0 spiro atoms. The van der Waals surface area contributed by atoms with Crippen molar-refractivity contribution in [2.45, 2.75) is 25.9 Å². The number of carbonyl (C=O) groups excluding carboxylic acids is 3. The van der Waals surface area contributed by atoms with Crippen LogP contribution in [0.2, 0.25) is 0 Å². The molecule has 1 saturated heterocycles. The number of hydrogen-bond acceptors (Lipinski definition) is 7. The van der Waals surface area contributed by atoms with Gasteiger partial charge in [0.05, 0.1) is 18.6 Å². The normalized spacial score (nSPS) is 16.8. The van der Waals surface area contributed by atoms with Gasteiger partial charge in [-0.1, -0.05) is 6.07 Å². The van der Waals surface area contributed by atoms with Gasteiger partial charge in [-0.2, -0.15) is 0 Å². The molecule has 1 fully saturated rings. The molecule has 10 heteroatoms. The van der Waals surface area contributed by atoms with Crippen LogP contribution in [0.3, 0.4) is 0 Å². The number of benzene rings is 2. The van der Waals surface area contributed by atoms with E-state index < -0.39 is 12.0 Å². The third-order valence-electron chi connectivity index (χ3n) is 5.37. The Balaban J connectivity index is 1.43. The lowest BCUT2D eigenvalue weighted by Gasteiger charge is -2.23. The Labute approximate surface area is 196 Å². The molecule has 2 aromatic rings. The van der Waals surface area contributed by atoms with Crippen LogP contribution in [0.25, 0.3) is 0 Å². The van der Waals surface area contributed by atoms with E-state index in [9.17, 15) is 14.4 Å². The quantitative estimate of drug-likeness (QED) is 0.488. The predicted molar refractivity (Wildman–Crippen MR) is 123 cm³/mol. The second-order valence-corrected chi connectivity index (χ2v) is 7.93. The zero-order valence-corrected chi connectivity index (χ0v) is 19.0. The number of amides is 2. The molecule has 0 radical (unpaired) electrons. The monoisotopic (exact) mass is 469 g/mol. The van der Waals surface area contributed by atoms with Gasteiger partial charge in [-0.3, -0.25) is 14.5 Å². The van der Waals surface area contributed by atoms with Crippen LogP contribution >= 0.6 is 12.2 Å². The lowest BCUT2D eigenvalue weighted by Crippen LogP contribution is -2.37. The maximum Gasteiger partial charge on any atom is 0.338 e. The van der Waals surface area contributed by atoms with Gasteiger partial charge < -0.3 is 24.4 Å². The first-order chi connectivity index (χ1) is 15.9. The van der Waals surface area contributed by atoms with Gasteiger partial charge >= 0.3 is 5.97 Å². The molecule has 0 unspecified atom stereocenters. The highest BCUT2D eigenvalue weighted by molar-refractivity contribution is 7.80. The van der Waals surface area contributed by atoms with Gasteiger partial charge in [0.2, 0.25) is 12.7 Å². The fourth-order valence-electron chi connectivity index (χ4n) is 3.68. The molecule has 2 aliphatic heterocycles. The van der Waals surface area contributed by atoms with E-state index in [4.69, 9.17) is 26.4 Å². The highest BCUT2D eigenvalue weighted by Gasteiger charge is 2.41. The number of thiocarbonyl (C=S) groups is 1. The van der Waals surface area contributed by atoms with Crippen molar-refractivity contribution >= 4 is 40.8 Å². The van der Waals surface area contributed by atoms with E-state index in [-0.39, 0.29) is 31.6 Å². The van der Waals surface area contributed by atoms with Gasteiger partial charge in [-0.15, -0.1) is 0 Å². The first-order valence-corrected chi connectivity index (χ1v) is 10.8. The van der Waals surface area contributed by atoms with E-state index in [1.165, 1.54) is 4.90 Å². The van der Waals surface area contributed by atoms with Crippen LogP contribution in [0.1, 0.15) is 29.3 Å². The number of fused-ring (bicyclic) bond motifs is 1. The SMILES string of the molecule is CCOC(=O)c1ccc(NC(=O)C[C@H]2C(=O)N(C)C(=S)N2Cc2ccc3c(c2)OCO3)cc1. The minimum Gasteiger partial charge on any atom is -0.462 e. The summed E-state index contributed by atoms with van der Waals surface area (Å²) in [5.74, 6) is 0.293. The smallest absolute Gasteiger partial charge is 0.338 e. The van der Waals surface area contributed by atoms with E-state index in [1.54, 1.807) is 43.1 Å². The van der Waals surface area contributed by atoms with Crippen molar-refractivity contribution in [2.75, 3.05) is 25.8 Å². The Morgan fingerprint density at radius 1 is 1.15 bits per heavy atom. The third-order valence-corrected chi connectivity index (χ3v) is 5.88. The molecule has 1 atom stereocenters. The lowest BCUT2D eigenvalue weighted by atomic mass is 10.1. The van der Waals surface area contributed by atoms with E-state index in [0.717, 1.165) is 5.56 Å². The van der Waals surface area contributed by atoms with E-state index in [0.29, 0.717) is 34.4 Å². The van der Waals surface area contributed by atoms with Gasteiger partial charge in [0.25, 0.3) is 5.91 Å². The van der Waals surface area contributed by atoms with Crippen LogP contribution in [0.4, 0.5) is 5.69 Å². The molecule has 2 heterocycles. The number of anilines is 1. The molecular formula is C23H23N3O6S. The zero-order valence-electron chi connectivity index (χ0n) is 18.2.